The SMILES string of the molecule is [2H]C1(Cl)CCCO1. The van der Waals surface area contributed by atoms with Gasteiger partial charge in [0.2, 0.25) is 0 Å². The molecule has 1 saturated heterocycles. The van der Waals surface area contributed by atoms with Gasteiger partial charge in [-0.25, -0.2) is 0 Å². The summed E-state index contributed by atoms with van der Waals surface area (Å²) in [6.07, 6.45) is 1.58. The van der Waals surface area contributed by atoms with Crippen molar-refractivity contribution in [3.63, 3.8) is 0 Å². The lowest BCUT2D eigenvalue weighted by atomic mass is 10.4. The van der Waals surface area contributed by atoms with Gasteiger partial charge in [-0.1, -0.05) is 11.6 Å². The lowest BCUT2D eigenvalue weighted by Crippen LogP contribution is -1.89. The van der Waals surface area contributed by atoms with E-state index in [4.69, 9.17) is 17.7 Å². The summed E-state index contributed by atoms with van der Waals surface area (Å²) < 4.78 is 11.8. The fourth-order valence-electron chi connectivity index (χ4n) is 0.466. The fraction of sp³-hybridized carbons (Fsp3) is 1.00. The van der Waals surface area contributed by atoms with Crippen molar-refractivity contribution in [2.24, 2.45) is 0 Å². The molecule has 0 aromatic rings. The van der Waals surface area contributed by atoms with E-state index < -0.39 is 5.54 Å². The summed E-state index contributed by atoms with van der Waals surface area (Å²) in [7, 11) is 0. The van der Waals surface area contributed by atoms with E-state index in [9.17, 15) is 0 Å². The molecule has 1 aliphatic rings. The van der Waals surface area contributed by atoms with Crippen molar-refractivity contribution >= 4 is 11.6 Å². The number of halogens is 1. The Hall–Kier alpha value is 0.250. The van der Waals surface area contributed by atoms with Gasteiger partial charge in [-0.3, -0.25) is 0 Å². The van der Waals surface area contributed by atoms with Crippen LogP contribution in [0.1, 0.15) is 14.2 Å². The molecule has 0 aromatic carbocycles. The number of alkyl halides is 1. The Morgan fingerprint density at radius 2 is 2.83 bits per heavy atom. The van der Waals surface area contributed by atoms with Gasteiger partial charge in [-0.05, 0) is 12.8 Å². The summed E-state index contributed by atoms with van der Waals surface area (Å²) in [6.45, 7) is 0.646. The largest absolute Gasteiger partial charge is 0.362 e. The molecule has 1 rings (SSSR count). The summed E-state index contributed by atoms with van der Waals surface area (Å²) in [5.41, 5.74) is -1.08. The van der Waals surface area contributed by atoms with Gasteiger partial charge in [0.05, 0.1) is 1.37 Å². The minimum absolute atomic E-state index is 0.646. The molecular weight excluding hydrogens is 99.5 g/mol. The quantitative estimate of drug-likeness (QED) is 0.425. The van der Waals surface area contributed by atoms with Gasteiger partial charge >= 0.3 is 0 Å². The van der Waals surface area contributed by atoms with Gasteiger partial charge in [0, 0.05) is 6.61 Å². The highest BCUT2D eigenvalue weighted by Crippen LogP contribution is 2.14. The number of rotatable bonds is 0. The maximum atomic E-state index is 7.03. The summed E-state index contributed by atoms with van der Waals surface area (Å²) in [4.78, 5) is 0. The van der Waals surface area contributed by atoms with E-state index in [1.54, 1.807) is 0 Å². The van der Waals surface area contributed by atoms with E-state index in [1.165, 1.54) is 0 Å². The van der Waals surface area contributed by atoms with Crippen LogP contribution in [0.2, 0.25) is 0 Å². The van der Waals surface area contributed by atoms with Crippen molar-refractivity contribution in [3.05, 3.63) is 0 Å². The summed E-state index contributed by atoms with van der Waals surface area (Å²) in [6, 6.07) is 0. The van der Waals surface area contributed by atoms with Crippen molar-refractivity contribution in [1.82, 2.24) is 0 Å². The molecule has 0 N–H and O–H groups in total. The number of hydrogen-bond acceptors (Lipinski definition) is 1. The van der Waals surface area contributed by atoms with Crippen molar-refractivity contribution in [2.75, 3.05) is 6.61 Å². The highest BCUT2D eigenvalue weighted by Gasteiger charge is 2.09. The van der Waals surface area contributed by atoms with E-state index in [0.717, 1.165) is 6.42 Å². The van der Waals surface area contributed by atoms with E-state index in [2.05, 4.69) is 0 Å². The highest BCUT2D eigenvalue weighted by atomic mass is 35.5. The summed E-state index contributed by atoms with van der Waals surface area (Å²) >= 11 is 5.41. The van der Waals surface area contributed by atoms with Crippen molar-refractivity contribution < 1.29 is 6.11 Å². The van der Waals surface area contributed by atoms with Crippen LogP contribution in [0.3, 0.4) is 0 Å². The van der Waals surface area contributed by atoms with Crippen LogP contribution in [0.4, 0.5) is 0 Å². The highest BCUT2D eigenvalue weighted by molar-refractivity contribution is 6.19. The Balaban J connectivity index is 2.40. The van der Waals surface area contributed by atoms with Gasteiger partial charge in [0.1, 0.15) is 5.54 Å². The van der Waals surface area contributed by atoms with Crippen molar-refractivity contribution in [1.29, 1.82) is 0 Å². The molecule has 0 aromatic heterocycles. The molecule has 1 atom stereocenters. The Kier molecular flexibility index (Phi) is 0.985. The van der Waals surface area contributed by atoms with E-state index >= 15 is 0 Å². The van der Waals surface area contributed by atoms with E-state index in [1.807, 2.05) is 0 Å². The Labute approximate surface area is 43.7 Å². The molecule has 1 nitrogen and oxygen atoms in total. The number of hydrogen-bond donors (Lipinski definition) is 0. The standard InChI is InChI=1S/C4H7ClO/c5-4-2-1-3-6-4/h4H,1-3H2/i4D. The zero-order chi connectivity index (χ0) is 5.33. The molecule has 2 heteroatoms. The molecule has 36 valence electrons. The van der Waals surface area contributed by atoms with Crippen LogP contribution in [-0.2, 0) is 4.74 Å². The first-order chi connectivity index (χ1) is 3.21. The normalized spacial score (nSPS) is 49.2. The van der Waals surface area contributed by atoms with Gasteiger partial charge in [0.15, 0.2) is 0 Å². The third-order valence-electron chi connectivity index (χ3n) is 0.776. The molecule has 1 heterocycles. The molecule has 0 amide bonds. The first-order valence-corrected chi connectivity index (χ1v) is 2.41. The predicted molar refractivity (Wildman–Crippen MR) is 24.8 cm³/mol. The average Bonchev–Trinajstić information content (AvgIpc) is 1.84. The Morgan fingerprint density at radius 1 is 2.00 bits per heavy atom. The van der Waals surface area contributed by atoms with Crippen molar-refractivity contribution in [2.45, 2.75) is 18.4 Å². The molecule has 0 bridgehead atoms. The monoisotopic (exact) mass is 107 g/mol. The Morgan fingerprint density at radius 3 is 3.00 bits per heavy atom. The van der Waals surface area contributed by atoms with Crippen LogP contribution in [0.5, 0.6) is 0 Å². The third kappa shape index (κ3) is 0.854. The van der Waals surface area contributed by atoms with Crippen LogP contribution in [-0.4, -0.2) is 12.1 Å². The topological polar surface area (TPSA) is 9.23 Å². The molecule has 1 unspecified atom stereocenters. The van der Waals surface area contributed by atoms with Crippen molar-refractivity contribution in [3.8, 4) is 0 Å². The fourth-order valence-corrected chi connectivity index (χ4v) is 0.677. The second-order valence-corrected chi connectivity index (χ2v) is 1.73. The minimum atomic E-state index is -1.08. The molecule has 0 spiro atoms. The molecule has 0 aliphatic carbocycles. The lowest BCUT2D eigenvalue weighted by Gasteiger charge is -1.91. The second kappa shape index (κ2) is 1.80. The van der Waals surface area contributed by atoms with Crippen LogP contribution < -0.4 is 0 Å². The first kappa shape index (κ1) is 3.28. The maximum absolute atomic E-state index is 7.03. The van der Waals surface area contributed by atoms with Crippen LogP contribution in [0, 0.1) is 0 Å². The molecule has 1 fully saturated rings. The van der Waals surface area contributed by atoms with Crippen LogP contribution >= 0.6 is 11.6 Å². The average molecular weight is 108 g/mol. The summed E-state index contributed by atoms with van der Waals surface area (Å²) in [5.74, 6) is 0. The minimum Gasteiger partial charge on any atom is -0.362 e. The smallest absolute Gasteiger partial charge is 0.131 e. The maximum Gasteiger partial charge on any atom is 0.131 e. The van der Waals surface area contributed by atoms with E-state index in [-0.39, 0.29) is 0 Å². The zero-order valence-electron chi connectivity index (χ0n) is 4.41. The van der Waals surface area contributed by atoms with Gasteiger partial charge in [-0.15, -0.1) is 0 Å². The second-order valence-electron chi connectivity index (χ2n) is 1.31. The zero-order valence-corrected chi connectivity index (χ0v) is 4.16. The van der Waals surface area contributed by atoms with E-state index in [0.29, 0.717) is 13.0 Å². The van der Waals surface area contributed by atoms with Gasteiger partial charge < -0.3 is 4.74 Å². The summed E-state index contributed by atoms with van der Waals surface area (Å²) in [5, 5.41) is 0. The molecule has 1 aliphatic heterocycles. The third-order valence-corrected chi connectivity index (χ3v) is 1.07. The van der Waals surface area contributed by atoms with Crippen LogP contribution in [0.25, 0.3) is 0 Å². The van der Waals surface area contributed by atoms with Gasteiger partial charge in [-0.2, -0.15) is 0 Å². The lowest BCUT2D eigenvalue weighted by molar-refractivity contribution is 0.168. The van der Waals surface area contributed by atoms with Crippen LogP contribution in [0.15, 0.2) is 0 Å². The Bertz CT molecular complexity index is 66.1. The molecule has 0 radical (unpaired) electrons. The predicted octanol–water partition coefficient (Wildman–Crippen LogP) is 1.36. The number of ether oxygens (including phenoxy) is 1. The molecule has 0 saturated carbocycles. The van der Waals surface area contributed by atoms with Gasteiger partial charge in [0.25, 0.3) is 0 Å². The molecule has 6 heavy (non-hydrogen) atoms. The molecular formula is C4H7ClO. The first-order valence-electron chi connectivity index (χ1n) is 2.54.